The summed E-state index contributed by atoms with van der Waals surface area (Å²) >= 11 is 5.79. The molecule has 2 rings (SSSR count). The van der Waals surface area contributed by atoms with Crippen LogP contribution in [0.3, 0.4) is 0 Å². The molecule has 3 N–H and O–H groups in total. The van der Waals surface area contributed by atoms with Crippen molar-refractivity contribution in [2.45, 2.75) is 6.04 Å². The fourth-order valence-corrected chi connectivity index (χ4v) is 2.09. The SMILES string of the molecule is O=C(Nc1cccc(Cl)c1)N[C@H](CO)c1cc(F)ccc1F. The lowest BCUT2D eigenvalue weighted by molar-refractivity contribution is 0.223. The number of urea groups is 1. The van der Waals surface area contributed by atoms with Crippen LogP contribution in [0.1, 0.15) is 11.6 Å². The number of rotatable bonds is 4. The van der Waals surface area contributed by atoms with Crippen molar-refractivity contribution in [3.63, 3.8) is 0 Å². The van der Waals surface area contributed by atoms with E-state index in [0.29, 0.717) is 10.7 Å². The lowest BCUT2D eigenvalue weighted by Crippen LogP contribution is -2.34. The molecule has 2 amide bonds. The van der Waals surface area contributed by atoms with Crippen LogP contribution in [-0.4, -0.2) is 17.7 Å². The Hall–Kier alpha value is -2.18. The molecule has 0 unspecified atom stereocenters. The molecule has 1 atom stereocenters. The highest BCUT2D eigenvalue weighted by molar-refractivity contribution is 6.30. The lowest BCUT2D eigenvalue weighted by Gasteiger charge is -2.18. The van der Waals surface area contributed by atoms with Crippen molar-refractivity contribution in [3.05, 3.63) is 64.7 Å². The predicted octanol–water partition coefficient (Wildman–Crippen LogP) is 3.47. The first-order chi connectivity index (χ1) is 10.5. The molecule has 0 aromatic heterocycles. The highest BCUT2D eigenvalue weighted by atomic mass is 35.5. The Morgan fingerprint density at radius 3 is 2.68 bits per heavy atom. The van der Waals surface area contributed by atoms with Crippen LogP contribution in [0.2, 0.25) is 5.02 Å². The van der Waals surface area contributed by atoms with Gasteiger partial charge in [-0.25, -0.2) is 13.6 Å². The molecule has 116 valence electrons. The monoisotopic (exact) mass is 326 g/mol. The number of carbonyl (C=O) groups is 1. The van der Waals surface area contributed by atoms with Crippen LogP contribution < -0.4 is 10.6 Å². The number of amides is 2. The average Bonchev–Trinajstić information content (AvgIpc) is 2.47. The van der Waals surface area contributed by atoms with E-state index in [1.54, 1.807) is 18.2 Å². The van der Waals surface area contributed by atoms with Crippen molar-refractivity contribution in [2.75, 3.05) is 11.9 Å². The maximum atomic E-state index is 13.7. The Kier molecular flexibility index (Phi) is 5.30. The van der Waals surface area contributed by atoms with Gasteiger partial charge in [-0.05, 0) is 36.4 Å². The number of anilines is 1. The normalized spacial score (nSPS) is 11.8. The molecule has 0 bridgehead atoms. The topological polar surface area (TPSA) is 61.4 Å². The van der Waals surface area contributed by atoms with E-state index in [0.717, 1.165) is 18.2 Å². The van der Waals surface area contributed by atoms with Gasteiger partial charge in [0.25, 0.3) is 0 Å². The summed E-state index contributed by atoms with van der Waals surface area (Å²) < 4.78 is 26.9. The van der Waals surface area contributed by atoms with E-state index in [4.69, 9.17) is 11.6 Å². The van der Waals surface area contributed by atoms with Gasteiger partial charge in [0.15, 0.2) is 0 Å². The zero-order valence-corrected chi connectivity index (χ0v) is 12.1. The molecule has 4 nitrogen and oxygen atoms in total. The fraction of sp³-hybridized carbons (Fsp3) is 0.133. The summed E-state index contributed by atoms with van der Waals surface area (Å²) in [4.78, 5) is 11.9. The quantitative estimate of drug-likeness (QED) is 0.805. The molecular weight excluding hydrogens is 314 g/mol. The Balaban J connectivity index is 2.09. The maximum absolute atomic E-state index is 13.7. The number of benzene rings is 2. The van der Waals surface area contributed by atoms with Crippen LogP contribution >= 0.6 is 11.6 Å². The lowest BCUT2D eigenvalue weighted by atomic mass is 10.1. The molecule has 0 radical (unpaired) electrons. The van der Waals surface area contributed by atoms with Gasteiger partial charge >= 0.3 is 6.03 Å². The number of carbonyl (C=O) groups excluding carboxylic acids is 1. The van der Waals surface area contributed by atoms with Gasteiger partial charge in [0.05, 0.1) is 12.6 Å². The molecule has 2 aromatic carbocycles. The van der Waals surface area contributed by atoms with Crippen molar-refractivity contribution in [3.8, 4) is 0 Å². The number of nitrogens with one attached hydrogen (secondary N) is 2. The predicted molar refractivity (Wildman–Crippen MR) is 79.8 cm³/mol. The summed E-state index contributed by atoms with van der Waals surface area (Å²) in [5.74, 6) is -1.38. The van der Waals surface area contributed by atoms with E-state index < -0.39 is 30.3 Å². The number of aliphatic hydroxyl groups excluding tert-OH is 1. The van der Waals surface area contributed by atoms with E-state index in [-0.39, 0.29) is 5.56 Å². The Labute approximate surface area is 130 Å². The average molecular weight is 327 g/mol. The zero-order valence-electron chi connectivity index (χ0n) is 11.3. The molecule has 22 heavy (non-hydrogen) atoms. The number of halogens is 3. The molecule has 0 fully saturated rings. The fourth-order valence-electron chi connectivity index (χ4n) is 1.90. The Morgan fingerprint density at radius 1 is 1.23 bits per heavy atom. The van der Waals surface area contributed by atoms with Gasteiger partial charge in [-0.2, -0.15) is 0 Å². The molecule has 7 heteroatoms. The third-order valence-electron chi connectivity index (χ3n) is 2.90. The van der Waals surface area contributed by atoms with E-state index in [9.17, 15) is 18.7 Å². The molecule has 0 aliphatic heterocycles. The van der Waals surface area contributed by atoms with Gasteiger partial charge in [0.1, 0.15) is 11.6 Å². The van der Waals surface area contributed by atoms with E-state index in [1.807, 2.05) is 0 Å². The largest absolute Gasteiger partial charge is 0.394 e. The van der Waals surface area contributed by atoms with Crippen LogP contribution in [0, 0.1) is 11.6 Å². The minimum Gasteiger partial charge on any atom is -0.394 e. The number of hydrogen-bond donors (Lipinski definition) is 3. The van der Waals surface area contributed by atoms with E-state index in [1.165, 1.54) is 6.07 Å². The minimum atomic E-state index is -1.07. The van der Waals surface area contributed by atoms with Crippen molar-refractivity contribution in [2.24, 2.45) is 0 Å². The van der Waals surface area contributed by atoms with Crippen molar-refractivity contribution in [1.29, 1.82) is 0 Å². The van der Waals surface area contributed by atoms with Crippen LogP contribution in [0.15, 0.2) is 42.5 Å². The summed E-state index contributed by atoms with van der Waals surface area (Å²) in [6, 6.07) is 7.50. The summed E-state index contributed by atoms with van der Waals surface area (Å²) in [5.41, 5.74) is 0.296. The Bertz CT molecular complexity index is 682. The van der Waals surface area contributed by atoms with Crippen LogP contribution in [-0.2, 0) is 0 Å². The number of aliphatic hydroxyl groups is 1. The first-order valence-corrected chi connectivity index (χ1v) is 6.76. The summed E-state index contributed by atoms with van der Waals surface area (Å²) in [6.07, 6.45) is 0. The zero-order chi connectivity index (χ0) is 16.1. The first-order valence-electron chi connectivity index (χ1n) is 6.38. The van der Waals surface area contributed by atoms with Crippen molar-refractivity contribution < 1.29 is 18.7 Å². The van der Waals surface area contributed by atoms with Crippen molar-refractivity contribution >= 4 is 23.3 Å². The molecule has 0 aliphatic carbocycles. The molecule has 0 spiro atoms. The molecule has 0 saturated heterocycles. The molecule has 0 heterocycles. The van der Waals surface area contributed by atoms with Crippen LogP contribution in [0.5, 0.6) is 0 Å². The second-order valence-corrected chi connectivity index (χ2v) is 4.95. The van der Waals surface area contributed by atoms with Crippen LogP contribution in [0.4, 0.5) is 19.3 Å². The highest BCUT2D eigenvalue weighted by Crippen LogP contribution is 2.19. The standard InChI is InChI=1S/C15H13ClF2N2O2/c16-9-2-1-3-11(6-9)19-15(22)20-14(8-21)12-7-10(17)4-5-13(12)18/h1-7,14,21H,8H2,(H2,19,20,22)/t14-/m1/s1. The van der Waals surface area contributed by atoms with Gasteiger partial charge in [-0.15, -0.1) is 0 Å². The minimum absolute atomic E-state index is 0.135. The summed E-state index contributed by atoms with van der Waals surface area (Å²) in [5, 5.41) is 14.6. The second-order valence-electron chi connectivity index (χ2n) is 4.51. The second kappa shape index (κ2) is 7.20. The highest BCUT2D eigenvalue weighted by Gasteiger charge is 2.18. The van der Waals surface area contributed by atoms with Gasteiger partial charge in [-0.3, -0.25) is 0 Å². The maximum Gasteiger partial charge on any atom is 0.319 e. The van der Waals surface area contributed by atoms with Gasteiger partial charge in [0.2, 0.25) is 0 Å². The van der Waals surface area contributed by atoms with E-state index in [2.05, 4.69) is 10.6 Å². The van der Waals surface area contributed by atoms with Gasteiger partial charge < -0.3 is 15.7 Å². The molecular formula is C15H13ClF2N2O2. The van der Waals surface area contributed by atoms with Crippen molar-refractivity contribution in [1.82, 2.24) is 5.32 Å². The molecule has 2 aromatic rings. The molecule has 0 aliphatic rings. The third-order valence-corrected chi connectivity index (χ3v) is 3.14. The van der Waals surface area contributed by atoms with E-state index >= 15 is 0 Å². The van der Waals surface area contributed by atoms with Gasteiger partial charge in [0, 0.05) is 16.3 Å². The smallest absolute Gasteiger partial charge is 0.319 e. The molecule has 0 saturated carbocycles. The Morgan fingerprint density at radius 2 is 2.00 bits per heavy atom. The summed E-state index contributed by atoms with van der Waals surface area (Å²) in [6.45, 7) is -0.580. The third kappa shape index (κ3) is 4.16. The summed E-state index contributed by atoms with van der Waals surface area (Å²) in [7, 11) is 0. The van der Waals surface area contributed by atoms with Gasteiger partial charge in [-0.1, -0.05) is 17.7 Å². The first kappa shape index (κ1) is 16.2. The number of hydrogen-bond acceptors (Lipinski definition) is 2. The van der Waals surface area contributed by atoms with Crippen LogP contribution in [0.25, 0.3) is 0 Å².